The Hall–Kier alpha value is -1.95. The van der Waals surface area contributed by atoms with E-state index in [1.807, 2.05) is 13.0 Å². The molecule has 0 aliphatic heterocycles. The summed E-state index contributed by atoms with van der Waals surface area (Å²) in [4.78, 5) is 11.3. The zero-order valence-corrected chi connectivity index (χ0v) is 11.5. The normalized spacial score (nSPS) is 9.89. The highest BCUT2D eigenvalue weighted by Gasteiger charge is 2.10. The average Bonchev–Trinajstić information content (AvgIpc) is 2.43. The number of amides is 1. The van der Waals surface area contributed by atoms with E-state index in [1.165, 1.54) is 0 Å². The van der Waals surface area contributed by atoms with Gasteiger partial charge in [0.2, 0.25) is 0 Å². The van der Waals surface area contributed by atoms with Crippen molar-refractivity contribution in [3.05, 3.63) is 23.3 Å². The third-order valence-electron chi connectivity index (χ3n) is 2.57. The lowest BCUT2D eigenvalue weighted by Gasteiger charge is -2.13. The van der Waals surface area contributed by atoms with Gasteiger partial charge in [-0.3, -0.25) is 0 Å². The first kappa shape index (κ1) is 15.1. The quantitative estimate of drug-likeness (QED) is 0.810. The van der Waals surface area contributed by atoms with Crippen LogP contribution in [-0.4, -0.2) is 33.4 Å². The van der Waals surface area contributed by atoms with Gasteiger partial charge in [0.15, 0.2) is 0 Å². The molecule has 0 atom stereocenters. The monoisotopic (exact) mass is 268 g/mol. The molecule has 1 aromatic rings. The van der Waals surface area contributed by atoms with Crippen molar-refractivity contribution in [3.63, 3.8) is 0 Å². The van der Waals surface area contributed by atoms with Crippen LogP contribution < -0.4 is 20.5 Å². The summed E-state index contributed by atoms with van der Waals surface area (Å²) < 4.78 is 15.6. The van der Waals surface area contributed by atoms with Gasteiger partial charge in [-0.15, -0.1) is 0 Å². The van der Waals surface area contributed by atoms with Crippen molar-refractivity contribution < 1.29 is 19.0 Å². The number of carbonyl (C=O) groups excluding carboxylic acids is 1. The Morgan fingerprint density at radius 3 is 2.53 bits per heavy atom. The fourth-order valence-corrected chi connectivity index (χ4v) is 1.59. The number of aryl methyl sites for hydroxylation is 1. The predicted octanol–water partition coefficient (Wildman–Crippen LogP) is 1.20. The van der Waals surface area contributed by atoms with E-state index in [0.29, 0.717) is 18.8 Å². The second-order valence-electron chi connectivity index (χ2n) is 3.93. The predicted molar refractivity (Wildman–Crippen MR) is 71.5 cm³/mol. The maximum atomic E-state index is 11.3. The molecule has 6 nitrogen and oxygen atoms in total. The van der Waals surface area contributed by atoms with Crippen molar-refractivity contribution in [3.8, 4) is 11.5 Å². The lowest BCUT2D eigenvalue weighted by Crippen LogP contribution is -2.29. The summed E-state index contributed by atoms with van der Waals surface area (Å²) in [6.07, 6.45) is -0.507. The first-order valence-electron chi connectivity index (χ1n) is 5.94. The molecule has 0 radical (unpaired) electrons. The maximum Gasteiger partial charge on any atom is 0.407 e. The van der Waals surface area contributed by atoms with Crippen LogP contribution >= 0.6 is 0 Å². The molecular weight excluding hydrogens is 248 g/mol. The van der Waals surface area contributed by atoms with Gasteiger partial charge in [-0.25, -0.2) is 4.79 Å². The molecule has 1 rings (SSSR count). The van der Waals surface area contributed by atoms with E-state index in [0.717, 1.165) is 16.9 Å². The molecule has 6 heteroatoms. The lowest BCUT2D eigenvalue weighted by atomic mass is 10.1. The van der Waals surface area contributed by atoms with Gasteiger partial charge in [-0.2, -0.15) is 0 Å². The van der Waals surface area contributed by atoms with Crippen molar-refractivity contribution >= 4 is 6.09 Å². The van der Waals surface area contributed by atoms with Crippen LogP contribution in [-0.2, 0) is 11.3 Å². The molecule has 3 N–H and O–H groups in total. The molecule has 19 heavy (non-hydrogen) atoms. The molecular formula is C13H20N2O4. The molecule has 0 fully saturated rings. The van der Waals surface area contributed by atoms with Gasteiger partial charge in [-0.05, 0) is 24.6 Å². The Kier molecular flexibility index (Phi) is 5.95. The molecule has 0 aromatic heterocycles. The van der Waals surface area contributed by atoms with Crippen LogP contribution in [0.5, 0.6) is 11.5 Å². The summed E-state index contributed by atoms with van der Waals surface area (Å²) in [5, 5.41) is 2.52. The Morgan fingerprint density at radius 2 is 1.95 bits per heavy atom. The summed E-state index contributed by atoms with van der Waals surface area (Å²) in [6, 6.07) is 3.64. The molecule has 0 unspecified atom stereocenters. The third kappa shape index (κ3) is 4.33. The number of nitrogens with one attached hydrogen (secondary N) is 1. The van der Waals surface area contributed by atoms with Crippen molar-refractivity contribution in [2.45, 2.75) is 13.5 Å². The van der Waals surface area contributed by atoms with Crippen LogP contribution in [0.4, 0.5) is 4.79 Å². The molecule has 1 aromatic carbocycles. The molecule has 0 saturated carbocycles. The van der Waals surface area contributed by atoms with E-state index in [-0.39, 0.29) is 6.61 Å². The minimum absolute atomic E-state index is 0.107. The van der Waals surface area contributed by atoms with Gasteiger partial charge in [0.05, 0.1) is 14.2 Å². The Balaban J connectivity index is 2.73. The first-order valence-corrected chi connectivity index (χ1v) is 5.94. The van der Waals surface area contributed by atoms with Crippen molar-refractivity contribution in [1.82, 2.24) is 5.32 Å². The Morgan fingerprint density at radius 1 is 1.26 bits per heavy atom. The summed E-state index contributed by atoms with van der Waals surface area (Å²) in [6.45, 7) is 2.78. The molecule has 0 aliphatic carbocycles. The minimum atomic E-state index is -0.507. The van der Waals surface area contributed by atoms with Crippen LogP contribution in [0.25, 0.3) is 0 Å². The number of methoxy groups -OCH3 is 2. The second-order valence-corrected chi connectivity index (χ2v) is 3.93. The molecule has 0 aliphatic rings. The van der Waals surface area contributed by atoms with Crippen LogP contribution in [0.15, 0.2) is 12.1 Å². The molecule has 0 heterocycles. The fourth-order valence-electron chi connectivity index (χ4n) is 1.59. The second kappa shape index (κ2) is 7.48. The van der Waals surface area contributed by atoms with E-state index < -0.39 is 6.09 Å². The van der Waals surface area contributed by atoms with E-state index in [4.69, 9.17) is 19.9 Å². The van der Waals surface area contributed by atoms with Crippen LogP contribution in [0.1, 0.15) is 11.1 Å². The van der Waals surface area contributed by atoms with Gasteiger partial charge in [0.1, 0.15) is 18.1 Å². The molecule has 0 bridgehead atoms. The number of ether oxygens (including phenoxy) is 3. The maximum absolute atomic E-state index is 11.3. The molecule has 0 spiro atoms. The van der Waals surface area contributed by atoms with E-state index in [2.05, 4.69) is 5.32 Å². The number of nitrogens with two attached hydrogens (primary N) is 1. The first-order chi connectivity index (χ1) is 9.12. The number of hydrogen-bond donors (Lipinski definition) is 2. The zero-order chi connectivity index (χ0) is 14.3. The fraction of sp³-hybridized carbons (Fsp3) is 0.462. The van der Waals surface area contributed by atoms with Gasteiger partial charge in [-0.1, -0.05) is 0 Å². The average molecular weight is 268 g/mol. The SMILES string of the molecule is COc1cc(COC(=O)NCCN)c(OC)cc1C. The molecule has 0 saturated heterocycles. The number of hydrogen-bond acceptors (Lipinski definition) is 5. The van der Waals surface area contributed by atoms with E-state index in [9.17, 15) is 4.79 Å². The number of rotatable bonds is 6. The van der Waals surface area contributed by atoms with Crippen molar-refractivity contribution in [1.29, 1.82) is 0 Å². The number of alkyl carbamates (subject to hydrolysis) is 1. The van der Waals surface area contributed by atoms with Crippen LogP contribution in [0.3, 0.4) is 0 Å². The van der Waals surface area contributed by atoms with Gasteiger partial charge in [0.25, 0.3) is 0 Å². The minimum Gasteiger partial charge on any atom is -0.496 e. The van der Waals surface area contributed by atoms with Crippen LogP contribution in [0.2, 0.25) is 0 Å². The topological polar surface area (TPSA) is 82.8 Å². The van der Waals surface area contributed by atoms with Gasteiger partial charge < -0.3 is 25.3 Å². The molecule has 106 valence electrons. The summed E-state index contributed by atoms with van der Waals surface area (Å²) in [5.74, 6) is 1.38. The van der Waals surface area contributed by atoms with Crippen molar-refractivity contribution in [2.24, 2.45) is 5.73 Å². The summed E-state index contributed by atoms with van der Waals surface area (Å²) in [5.41, 5.74) is 6.98. The highest BCUT2D eigenvalue weighted by molar-refractivity contribution is 5.67. The van der Waals surface area contributed by atoms with Crippen LogP contribution in [0, 0.1) is 6.92 Å². The smallest absolute Gasteiger partial charge is 0.407 e. The Bertz CT molecular complexity index is 435. The highest BCUT2D eigenvalue weighted by atomic mass is 16.5. The number of benzene rings is 1. The lowest BCUT2D eigenvalue weighted by molar-refractivity contribution is 0.139. The van der Waals surface area contributed by atoms with E-state index >= 15 is 0 Å². The largest absolute Gasteiger partial charge is 0.496 e. The van der Waals surface area contributed by atoms with Gasteiger partial charge >= 0.3 is 6.09 Å². The van der Waals surface area contributed by atoms with Gasteiger partial charge in [0, 0.05) is 18.7 Å². The summed E-state index contributed by atoms with van der Waals surface area (Å²) in [7, 11) is 3.16. The highest BCUT2D eigenvalue weighted by Crippen LogP contribution is 2.28. The number of carbonyl (C=O) groups is 1. The third-order valence-corrected chi connectivity index (χ3v) is 2.57. The molecule has 1 amide bonds. The Labute approximate surface area is 112 Å². The van der Waals surface area contributed by atoms with Crippen molar-refractivity contribution in [2.75, 3.05) is 27.3 Å². The standard InChI is InChI=1S/C13H20N2O4/c1-9-6-12(18-3)10(7-11(9)17-2)8-19-13(16)15-5-4-14/h6-7H,4-5,8,14H2,1-3H3,(H,15,16). The zero-order valence-electron chi connectivity index (χ0n) is 11.5. The summed E-state index contributed by atoms with van der Waals surface area (Å²) >= 11 is 0. The van der Waals surface area contributed by atoms with E-state index in [1.54, 1.807) is 20.3 Å².